The fourth-order valence-electron chi connectivity index (χ4n) is 1.73. The van der Waals surface area contributed by atoms with Crippen LogP contribution in [0.2, 0.25) is 5.02 Å². The van der Waals surface area contributed by atoms with Crippen LogP contribution in [0.5, 0.6) is 0 Å². The van der Waals surface area contributed by atoms with Crippen molar-refractivity contribution in [1.29, 1.82) is 0 Å². The topological polar surface area (TPSA) is 42.7 Å². The van der Waals surface area contributed by atoms with Crippen LogP contribution in [0.4, 0.5) is 0 Å². The summed E-state index contributed by atoms with van der Waals surface area (Å²) in [5.41, 5.74) is 0.871. The first-order valence-electron chi connectivity index (χ1n) is 6.09. The SMILES string of the molecule is CCCNCc1nc(-n2ccnc2C)ccc1Cl. The highest BCUT2D eigenvalue weighted by Gasteiger charge is 2.06. The first-order chi connectivity index (χ1) is 8.72. The number of rotatable bonds is 5. The van der Waals surface area contributed by atoms with Crippen LogP contribution >= 0.6 is 11.6 Å². The number of aryl methyl sites for hydroxylation is 1. The second-order valence-corrected chi connectivity index (χ2v) is 4.53. The van der Waals surface area contributed by atoms with E-state index >= 15 is 0 Å². The smallest absolute Gasteiger partial charge is 0.138 e. The number of halogens is 1. The lowest BCUT2D eigenvalue weighted by atomic mass is 10.3. The lowest BCUT2D eigenvalue weighted by Gasteiger charge is -2.09. The van der Waals surface area contributed by atoms with Gasteiger partial charge in [-0.05, 0) is 32.0 Å². The quantitative estimate of drug-likeness (QED) is 0.845. The summed E-state index contributed by atoms with van der Waals surface area (Å²) < 4.78 is 1.94. The first-order valence-corrected chi connectivity index (χ1v) is 6.46. The third kappa shape index (κ3) is 2.89. The van der Waals surface area contributed by atoms with Gasteiger partial charge in [0.25, 0.3) is 0 Å². The van der Waals surface area contributed by atoms with Gasteiger partial charge in [-0.2, -0.15) is 0 Å². The van der Waals surface area contributed by atoms with E-state index in [0.717, 1.165) is 30.3 Å². The van der Waals surface area contributed by atoms with Crippen LogP contribution in [0.3, 0.4) is 0 Å². The maximum Gasteiger partial charge on any atom is 0.138 e. The Kier molecular flexibility index (Phi) is 4.33. The fraction of sp³-hybridized carbons (Fsp3) is 0.385. The van der Waals surface area contributed by atoms with Crippen molar-refractivity contribution in [2.75, 3.05) is 6.54 Å². The summed E-state index contributed by atoms with van der Waals surface area (Å²) in [6.45, 7) is 5.74. The van der Waals surface area contributed by atoms with Gasteiger partial charge in [-0.1, -0.05) is 18.5 Å². The van der Waals surface area contributed by atoms with Crippen LogP contribution in [0.15, 0.2) is 24.5 Å². The molecule has 0 unspecified atom stereocenters. The molecule has 0 atom stereocenters. The van der Waals surface area contributed by atoms with Crippen molar-refractivity contribution >= 4 is 11.6 Å². The fourth-order valence-corrected chi connectivity index (χ4v) is 1.91. The molecule has 1 N–H and O–H groups in total. The van der Waals surface area contributed by atoms with Crippen molar-refractivity contribution in [3.8, 4) is 5.82 Å². The van der Waals surface area contributed by atoms with Gasteiger partial charge in [0, 0.05) is 18.9 Å². The first kappa shape index (κ1) is 13.1. The second kappa shape index (κ2) is 5.98. The van der Waals surface area contributed by atoms with E-state index in [9.17, 15) is 0 Å². The van der Waals surface area contributed by atoms with Crippen LogP contribution in [-0.2, 0) is 6.54 Å². The molecule has 0 aliphatic heterocycles. The van der Waals surface area contributed by atoms with Gasteiger partial charge in [0.2, 0.25) is 0 Å². The van der Waals surface area contributed by atoms with Gasteiger partial charge in [-0.3, -0.25) is 4.57 Å². The number of nitrogens with one attached hydrogen (secondary N) is 1. The molecule has 0 bridgehead atoms. The van der Waals surface area contributed by atoms with Crippen molar-refractivity contribution in [2.45, 2.75) is 26.8 Å². The number of aromatic nitrogens is 3. The molecule has 0 radical (unpaired) electrons. The predicted octanol–water partition coefficient (Wildman–Crippen LogP) is 2.73. The molecular weight excluding hydrogens is 248 g/mol. The average molecular weight is 265 g/mol. The number of hydrogen-bond donors (Lipinski definition) is 1. The van der Waals surface area contributed by atoms with Crippen molar-refractivity contribution in [1.82, 2.24) is 19.9 Å². The van der Waals surface area contributed by atoms with E-state index in [1.807, 2.05) is 29.8 Å². The molecule has 0 saturated heterocycles. The van der Waals surface area contributed by atoms with Crippen molar-refractivity contribution in [2.24, 2.45) is 0 Å². The molecule has 2 heterocycles. The molecule has 0 amide bonds. The van der Waals surface area contributed by atoms with E-state index in [-0.39, 0.29) is 0 Å². The maximum atomic E-state index is 6.15. The Bertz CT molecular complexity index is 521. The van der Waals surface area contributed by atoms with Crippen molar-refractivity contribution in [3.63, 3.8) is 0 Å². The largest absolute Gasteiger partial charge is 0.311 e. The zero-order valence-corrected chi connectivity index (χ0v) is 11.4. The third-order valence-corrected chi connectivity index (χ3v) is 3.04. The van der Waals surface area contributed by atoms with Gasteiger partial charge in [0.05, 0.1) is 10.7 Å². The van der Waals surface area contributed by atoms with E-state index < -0.39 is 0 Å². The van der Waals surface area contributed by atoms with E-state index in [1.54, 1.807) is 6.20 Å². The molecule has 2 rings (SSSR count). The molecule has 0 aliphatic carbocycles. The molecule has 0 aromatic carbocycles. The molecule has 96 valence electrons. The molecule has 0 spiro atoms. The lowest BCUT2D eigenvalue weighted by Crippen LogP contribution is -2.16. The van der Waals surface area contributed by atoms with Gasteiger partial charge < -0.3 is 5.32 Å². The van der Waals surface area contributed by atoms with Gasteiger partial charge in [-0.15, -0.1) is 0 Å². The van der Waals surface area contributed by atoms with Gasteiger partial charge in [0.15, 0.2) is 0 Å². The van der Waals surface area contributed by atoms with Crippen molar-refractivity contribution in [3.05, 3.63) is 41.1 Å². The summed E-state index contributed by atoms with van der Waals surface area (Å²) >= 11 is 6.15. The summed E-state index contributed by atoms with van der Waals surface area (Å²) in [6, 6.07) is 3.78. The Hall–Kier alpha value is -1.39. The molecule has 2 aromatic heterocycles. The standard InChI is InChI=1S/C13H17ClN4/c1-3-6-15-9-12-11(14)4-5-13(17-12)18-8-7-16-10(18)2/h4-5,7-8,15H,3,6,9H2,1-2H3. The summed E-state index contributed by atoms with van der Waals surface area (Å²) in [7, 11) is 0. The van der Waals surface area contributed by atoms with Crippen LogP contribution in [-0.4, -0.2) is 21.1 Å². The summed E-state index contributed by atoms with van der Waals surface area (Å²) in [6.07, 6.45) is 4.76. The molecule has 5 heteroatoms. The van der Waals surface area contributed by atoms with Crippen molar-refractivity contribution < 1.29 is 0 Å². The third-order valence-electron chi connectivity index (χ3n) is 2.70. The van der Waals surface area contributed by atoms with Crippen LogP contribution < -0.4 is 5.32 Å². The Labute approximate surface area is 112 Å². The Morgan fingerprint density at radius 2 is 2.22 bits per heavy atom. The van der Waals surface area contributed by atoms with Gasteiger partial charge in [-0.25, -0.2) is 9.97 Å². The Balaban J connectivity index is 2.23. The highest BCUT2D eigenvalue weighted by atomic mass is 35.5. The summed E-state index contributed by atoms with van der Waals surface area (Å²) in [5, 5.41) is 4.00. The normalized spacial score (nSPS) is 10.8. The van der Waals surface area contributed by atoms with E-state index in [0.29, 0.717) is 11.6 Å². The highest BCUT2D eigenvalue weighted by Crippen LogP contribution is 2.17. The zero-order valence-electron chi connectivity index (χ0n) is 10.7. The molecule has 18 heavy (non-hydrogen) atoms. The molecule has 0 fully saturated rings. The summed E-state index contributed by atoms with van der Waals surface area (Å²) in [5.74, 6) is 1.76. The van der Waals surface area contributed by atoms with Gasteiger partial charge in [0.1, 0.15) is 11.6 Å². The monoisotopic (exact) mass is 264 g/mol. The minimum absolute atomic E-state index is 0.689. The Morgan fingerprint density at radius 3 is 2.89 bits per heavy atom. The molecular formula is C13H17ClN4. The van der Waals surface area contributed by atoms with Gasteiger partial charge >= 0.3 is 0 Å². The lowest BCUT2D eigenvalue weighted by molar-refractivity contribution is 0.662. The zero-order chi connectivity index (χ0) is 13.0. The molecule has 0 saturated carbocycles. The minimum Gasteiger partial charge on any atom is -0.311 e. The average Bonchev–Trinajstić information content (AvgIpc) is 2.78. The number of imidazole rings is 1. The summed E-state index contributed by atoms with van der Waals surface area (Å²) in [4.78, 5) is 8.77. The van der Waals surface area contributed by atoms with Crippen LogP contribution in [0, 0.1) is 6.92 Å². The Morgan fingerprint density at radius 1 is 1.39 bits per heavy atom. The van der Waals surface area contributed by atoms with Crippen LogP contribution in [0.25, 0.3) is 5.82 Å². The molecule has 4 nitrogen and oxygen atoms in total. The number of hydrogen-bond acceptors (Lipinski definition) is 3. The van der Waals surface area contributed by atoms with E-state index in [4.69, 9.17) is 11.6 Å². The van der Waals surface area contributed by atoms with Crippen LogP contribution in [0.1, 0.15) is 24.9 Å². The molecule has 0 aliphatic rings. The molecule has 2 aromatic rings. The predicted molar refractivity (Wildman–Crippen MR) is 73.1 cm³/mol. The minimum atomic E-state index is 0.689. The number of nitrogens with zero attached hydrogens (tertiary/aromatic N) is 3. The maximum absolute atomic E-state index is 6.15. The second-order valence-electron chi connectivity index (χ2n) is 4.12. The highest BCUT2D eigenvalue weighted by molar-refractivity contribution is 6.31. The number of pyridine rings is 1. The van der Waals surface area contributed by atoms with E-state index in [2.05, 4.69) is 22.2 Å². The van der Waals surface area contributed by atoms with E-state index in [1.165, 1.54) is 0 Å².